The van der Waals surface area contributed by atoms with Gasteiger partial charge in [0.2, 0.25) is 0 Å². The maximum absolute atomic E-state index is 12.4. The van der Waals surface area contributed by atoms with Crippen molar-refractivity contribution in [1.82, 2.24) is 16.3 Å². The van der Waals surface area contributed by atoms with Gasteiger partial charge in [-0.05, 0) is 108 Å². The summed E-state index contributed by atoms with van der Waals surface area (Å²) in [6.07, 6.45) is 4.30. The summed E-state index contributed by atoms with van der Waals surface area (Å²) in [6, 6.07) is 24.4. The van der Waals surface area contributed by atoms with E-state index in [0.29, 0.717) is 50.4 Å². The number of carbonyl (C=O) groups is 3. The van der Waals surface area contributed by atoms with Crippen molar-refractivity contribution in [3.8, 4) is 0 Å². The number of hydrogen-bond acceptors (Lipinski definition) is 9. The van der Waals surface area contributed by atoms with Crippen LogP contribution in [0.3, 0.4) is 0 Å². The van der Waals surface area contributed by atoms with Crippen molar-refractivity contribution in [2.45, 2.75) is 0 Å². The van der Waals surface area contributed by atoms with Crippen molar-refractivity contribution in [2.75, 3.05) is 17.2 Å². The molecule has 0 atom stereocenters. The smallest absolute Gasteiger partial charge is 0.271 e. The minimum absolute atomic E-state index is 0.392. The van der Waals surface area contributed by atoms with Crippen LogP contribution in [0.15, 0.2) is 106 Å². The molecule has 4 rings (SSSR count). The quantitative estimate of drug-likeness (QED) is 0.103. The van der Waals surface area contributed by atoms with Crippen molar-refractivity contribution in [3.05, 3.63) is 124 Å². The minimum Gasteiger partial charge on any atom is -0.399 e. The van der Waals surface area contributed by atoms with Gasteiger partial charge in [-0.2, -0.15) is 15.3 Å². The second kappa shape index (κ2) is 13.7. The van der Waals surface area contributed by atoms with Crippen LogP contribution in [-0.4, -0.2) is 36.4 Å². The molecule has 0 saturated carbocycles. The fourth-order valence-electron chi connectivity index (χ4n) is 3.52. The van der Waals surface area contributed by atoms with E-state index >= 15 is 0 Å². The van der Waals surface area contributed by atoms with Crippen LogP contribution in [0, 0.1) is 0 Å². The Kier molecular flexibility index (Phi) is 9.34. The zero-order valence-corrected chi connectivity index (χ0v) is 22.2. The van der Waals surface area contributed by atoms with Crippen LogP contribution >= 0.6 is 0 Å². The van der Waals surface area contributed by atoms with Crippen molar-refractivity contribution in [2.24, 2.45) is 15.3 Å². The summed E-state index contributed by atoms with van der Waals surface area (Å²) in [6.45, 7) is 0. The van der Waals surface area contributed by atoms with Gasteiger partial charge in [0, 0.05) is 33.8 Å². The number of nitrogens with zero attached hydrogens (tertiary/aromatic N) is 3. The summed E-state index contributed by atoms with van der Waals surface area (Å²) in [5, 5.41) is 12.1. The highest BCUT2D eigenvalue weighted by molar-refractivity contribution is 5.98. The molecule has 0 aliphatic carbocycles. The molecule has 0 aromatic heterocycles. The normalized spacial score (nSPS) is 11.1. The molecular weight excluding hydrogens is 534 g/mol. The van der Waals surface area contributed by atoms with Crippen molar-refractivity contribution >= 4 is 53.4 Å². The molecule has 0 unspecified atom stereocenters. The largest absolute Gasteiger partial charge is 0.399 e. The molecule has 4 aromatic carbocycles. The second-order valence-electron chi connectivity index (χ2n) is 8.90. The Labute approximate surface area is 241 Å². The van der Waals surface area contributed by atoms with Crippen LogP contribution in [0.1, 0.15) is 47.8 Å². The van der Waals surface area contributed by atoms with E-state index in [1.54, 1.807) is 91.0 Å². The monoisotopic (exact) mass is 561 g/mol. The van der Waals surface area contributed by atoms with E-state index in [-0.39, 0.29) is 0 Å². The first-order valence-corrected chi connectivity index (χ1v) is 12.5. The van der Waals surface area contributed by atoms with E-state index in [2.05, 4.69) is 31.6 Å². The molecule has 0 spiro atoms. The second-order valence-corrected chi connectivity index (χ2v) is 8.90. The topological polar surface area (TPSA) is 202 Å². The summed E-state index contributed by atoms with van der Waals surface area (Å²) in [4.78, 5) is 37.1. The molecule has 4 aromatic rings. The van der Waals surface area contributed by atoms with E-state index in [0.717, 1.165) is 0 Å². The van der Waals surface area contributed by atoms with Crippen molar-refractivity contribution in [3.63, 3.8) is 0 Å². The van der Waals surface area contributed by atoms with Gasteiger partial charge in [0.1, 0.15) is 0 Å². The van der Waals surface area contributed by atoms with Crippen LogP contribution in [0.2, 0.25) is 0 Å². The first-order valence-electron chi connectivity index (χ1n) is 12.5. The van der Waals surface area contributed by atoms with Gasteiger partial charge < -0.3 is 17.2 Å². The van der Waals surface area contributed by atoms with Crippen molar-refractivity contribution < 1.29 is 14.4 Å². The average molecular weight is 562 g/mol. The first kappa shape index (κ1) is 28.7. The summed E-state index contributed by atoms with van der Waals surface area (Å²) in [7, 11) is 0. The number of nitrogens with one attached hydrogen (secondary N) is 3. The van der Waals surface area contributed by atoms with Gasteiger partial charge in [0.25, 0.3) is 17.7 Å². The highest BCUT2D eigenvalue weighted by atomic mass is 16.2. The summed E-state index contributed by atoms with van der Waals surface area (Å²) in [5.41, 5.74) is 28.9. The fourth-order valence-corrected chi connectivity index (χ4v) is 3.52. The number of rotatable bonds is 9. The molecule has 0 heterocycles. The lowest BCUT2D eigenvalue weighted by atomic mass is 10.1. The van der Waals surface area contributed by atoms with Crippen LogP contribution in [0.25, 0.3) is 0 Å². The Morgan fingerprint density at radius 1 is 0.452 bits per heavy atom. The zero-order chi connectivity index (χ0) is 29.9. The number of nitrogen functional groups attached to an aromatic ring is 3. The molecule has 12 heteroatoms. The molecule has 0 saturated heterocycles. The summed E-state index contributed by atoms with van der Waals surface area (Å²) < 4.78 is 0. The van der Waals surface area contributed by atoms with Gasteiger partial charge in [-0.25, -0.2) is 16.3 Å². The third-order valence-electron chi connectivity index (χ3n) is 5.66. The number of hydrazone groups is 3. The lowest BCUT2D eigenvalue weighted by Gasteiger charge is -2.04. The molecule has 210 valence electrons. The maximum Gasteiger partial charge on any atom is 0.271 e. The maximum atomic E-state index is 12.4. The van der Waals surface area contributed by atoms with E-state index in [4.69, 9.17) is 17.2 Å². The molecule has 0 aliphatic rings. The van der Waals surface area contributed by atoms with Crippen LogP contribution in [-0.2, 0) is 0 Å². The SMILES string of the molecule is Nc1ccc(C(=O)N/N=C/c2cc(/C=N/NC(=O)c3ccc(N)cc3)cc(/C=N/NC(=O)c3ccc(N)cc3)c2)cc1. The third-order valence-corrected chi connectivity index (χ3v) is 5.66. The highest BCUT2D eigenvalue weighted by Crippen LogP contribution is 2.09. The third kappa shape index (κ3) is 8.35. The van der Waals surface area contributed by atoms with E-state index in [9.17, 15) is 14.4 Å². The molecule has 3 amide bonds. The minimum atomic E-state index is -0.415. The number of benzene rings is 4. The Balaban J connectivity index is 1.49. The first-order chi connectivity index (χ1) is 20.3. The van der Waals surface area contributed by atoms with Crippen LogP contribution in [0.5, 0.6) is 0 Å². The molecule has 0 aliphatic heterocycles. The lowest BCUT2D eigenvalue weighted by molar-refractivity contribution is 0.0947. The van der Waals surface area contributed by atoms with Gasteiger partial charge in [0.15, 0.2) is 0 Å². The number of nitrogens with two attached hydrogens (primary N) is 3. The Morgan fingerprint density at radius 3 is 0.929 bits per heavy atom. The lowest BCUT2D eigenvalue weighted by Crippen LogP contribution is -2.18. The van der Waals surface area contributed by atoms with Gasteiger partial charge in [-0.1, -0.05) is 0 Å². The molecule has 0 bridgehead atoms. The van der Waals surface area contributed by atoms with Gasteiger partial charge >= 0.3 is 0 Å². The number of carbonyl (C=O) groups excluding carboxylic acids is 3. The highest BCUT2D eigenvalue weighted by Gasteiger charge is 2.06. The zero-order valence-electron chi connectivity index (χ0n) is 22.2. The Bertz CT molecular complexity index is 1450. The Hall–Kier alpha value is -6.30. The summed E-state index contributed by atoms with van der Waals surface area (Å²) in [5.74, 6) is -1.25. The number of hydrogen-bond donors (Lipinski definition) is 6. The number of amides is 3. The number of anilines is 3. The van der Waals surface area contributed by atoms with Gasteiger partial charge in [-0.15, -0.1) is 0 Å². The Morgan fingerprint density at radius 2 is 0.690 bits per heavy atom. The van der Waals surface area contributed by atoms with Gasteiger partial charge in [0.05, 0.1) is 18.6 Å². The van der Waals surface area contributed by atoms with Gasteiger partial charge in [-0.3, -0.25) is 14.4 Å². The molecule has 9 N–H and O–H groups in total. The van der Waals surface area contributed by atoms with Crippen molar-refractivity contribution in [1.29, 1.82) is 0 Å². The van der Waals surface area contributed by atoms with E-state index in [1.165, 1.54) is 18.6 Å². The standard InChI is InChI=1S/C30H27N9O3/c31-25-7-1-22(2-8-25)28(40)37-34-16-19-13-20(17-35-38-29(41)23-3-9-26(32)10-4-23)15-21(14-19)18-36-39-30(42)24-5-11-27(33)12-6-24/h1-18H,31-33H2,(H,37,40)(H,38,41)(H,39,42)/b34-16+,35-17+,36-18+. The van der Waals surface area contributed by atoms with Crippen LogP contribution in [0.4, 0.5) is 17.1 Å². The molecule has 42 heavy (non-hydrogen) atoms. The summed E-state index contributed by atoms with van der Waals surface area (Å²) >= 11 is 0. The van der Waals surface area contributed by atoms with E-state index in [1.807, 2.05) is 0 Å². The predicted octanol–water partition coefficient (Wildman–Crippen LogP) is 2.72. The molecular formula is C30H27N9O3. The van der Waals surface area contributed by atoms with Crippen LogP contribution < -0.4 is 33.5 Å². The molecule has 12 nitrogen and oxygen atoms in total. The predicted molar refractivity (Wildman–Crippen MR) is 164 cm³/mol. The molecule has 0 radical (unpaired) electrons. The fraction of sp³-hybridized carbons (Fsp3) is 0. The molecule has 0 fully saturated rings. The average Bonchev–Trinajstić information content (AvgIpc) is 2.98. The van der Waals surface area contributed by atoms with E-state index < -0.39 is 17.7 Å².